The molecule has 0 bridgehead atoms. The molecule has 4 heteroatoms. The van der Waals surface area contributed by atoms with E-state index >= 15 is 0 Å². The Balaban J connectivity index is 1.51. The average Bonchev–Trinajstić information content (AvgIpc) is 2.81. The molecule has 2 aliphatic heterocycles. The molecule has 5 rings (SSSR count). The monoisotopic (exact) mass is 411 g/mol. The van der Waals surface area contributed by atoms with E-state index in [1.54, 1.807) is 0 Å². The second-order valence-corrected chi connectivity index (χ2v) is 8.41. The quantitative estimate of drug-likeness (QED) is 0.645. The summed E-state index contributed by atoms with van der Waals surface area (Å²) in [5.74, 6) is 0.222. The van der Waals surface area contributed by atoms with Crippen molar-refractivity contribution < 1.29 is 4.79 Å². The lowest BCUT2D eigenvalue weighted by atomic mass is 9.81. The summed E-state index contributed by atoms with van der Waals surface area (Å²) >= 11 is 0. The normalized spacial score (nSPS) is 19.2. The highest BCUT2D eigenvalue weighted by Crippen LogP contribution is 2.40. The summed E-state index contributed by atoms with van der Waals surface area (Å²) < 4.78 is 0. The van der Waals surface area contributed by atoms with E-state index in [1.165, 1.54) is 22.4 Å². The predicted molar refractivity (Wildman–Crippen MR) is 127 cm³/mol. The molecule has 31 heavy (non-hydrogen) atoms. The number of fused-ring (bicyclic) bond motifs is 4. The van der Waals surface area contributed by atoms with Gasteiger partial charge in [0.05, 0.1) is 11.3 Å². The molecule has 2 heterocycles. The number of para-hydroxylation sites is 1. The van der Waals surface area contributed by atoms with Crippen molar-refractivity contribution >= 4 is 17.3 Å². The fraction of sp³-hybridized carbons (Fsp3) is 0.296. The largest absolute Gasteiger partial charge is 0.372 e. The Morgan fingerprint density at radius 3 is 2.42 bits per heavy atom. The van der Waals surface area contributed by atoms with Gasteiger partial charge in [-0.05, 0) is 61.2 Å². The first-order chi connectivity index (χ1) is 15.2. The second-order valence-electron chi connectivity index (χ2n) is 8.41. The van der Waals surface area contributed by atoms with Gasteiger partial charge in [-0.25, -0.2) is 0 Å². The zero-order valence-corrected chi connectivity index (χ0v) is 18.2. The van der Waals surface area contributed by atoms with Gasteiger partial charge in [-0.1, -0.05) is 48.5 Å². The van der Waals surface area contributed by atoms with Gasteiger partial charge in [-0.2, -0.15) is 0 Å². The molecule has 2 unspecified atom stereocenters. The first-order valence-electron chi connectivity index (χ1n) is 11.3. The van der Waals surface area contributed by atoms with Crippen molar-refractivity contribution in [2.45, 2.75) is 38.9 Å². The van der Waals surface area contributed by atoms with E-state index in [1.807, 2.05) is 18.2 Å². The third-order valence-corrected chi connectivity index (χ3v) is 6.77. The minimum absolute atomic E-state index is 0.0260. The minimum Gasteiger partial charge on any atom is -0.372 e. The number of nitrogens with zero attached hydrogens (tertiary/aromatic N) is 2. The van der Waals surface area contributed by atoms with Gasteiger partial charge in [0.2, 0.25) is 0 Å². The molecule has 2 atom stereocenters. The highest BCUT2D eigenvalue weighted by molar-refractivity contribution is 6.02. The van der Waals surface area contributed by atoms with Crippen LogP contribution in [0.2, 0.25) is 0 Å². The third kappa shape index (κ3) is 3.46. The van der Waals surface area contributed by atoms with Crippen molar-refractivity contribution in [2.75, 3.05) is 22.9 Å². The molecular formula is C27H29N3O. The molecule has 0 radical (unpaired) electrons. The van der Waals surface area contributed by atoms with Crippen LogP contribution in [0.4, 0.5) is 11.4 Å². The summed E-state index contributed by atoms with van der Waals surface area (Å²) in [5.41, 5.74) is 7.05. The first-order valence-corrected chi connectivity index (χ1v) is 11.3. The zero-order chi connectivity index (χ0) is 21.4. The first kappa shape index (κ1) is 19.7. The van der Waals surface area contributed by atoms with E-state index in [0.29, 0.717) is 0 Å². The number of hydrogen-bond donors (Lipinski definition) is 1. The number of rotatable bonds is 5. The summed E-state index contributed by atoms with van der Waals surface area (Å²) in [4.78, 5) is 17.6. The topological polar surface area (TPSA) is 35.6 Å². The van der Waals surface area contributed by atoms with Gasteiger partial charge in [0.25, 0.3) is 5.91 Å². The Morgan fingerprint density at radius 2 is 1.65 bits per heavy atom. The van der Waals surface area contributed by atoms with Crippen LogP contribution in [0.25, 0.3) is 0 Å². The molecule has 1 amide bonds. The van der Waals surface area contributed by atoms with Crippen molar-refractivity contribution in [3.8, 4) is 0 Å². The van der Waals surface area contributed by atoms with Gasteiger partial charge >= 0.3 is 0 Å². The zero-order valence-electron chi connectivity index (χ0n) is 18.2. The smallest absolute Gasteiger partial charge is 0.254 e. The number of carbonyl (C=O) groups excluding carboxylic acids is 1. The maximum Gasteiger partial charge on any atom is 0.254 e. The molecule has 2 aliphatic rings. The molecule has 1 N–H and O–H groups in total. The fourth-order valence-electron chi connectivity index (χ4n) is 5.16. The van der Waals surface area contributed by atoms with Crippen LogP contribution in [0.3, 0.4) is 0 Å². The molecule has 0 fully saturated rings. The van der Waals surface area contributed by atoms with Crippen molar-refractivity contribution in [1.29, 1.82) is 0 Å². The summed E-state index contributed by atoms with van der Waals surface area (Å²) in [6.07, 6.45) is 0.846. The second kappa shape index (κ2) is 8.10. The van der Waals surface area contributed by atoms with Gasteiger partial charge < -0.3 is 15.1 Å². The number of carbonyl (C=O) groups is 1. The van der Waals surface area contributed by atoms with Crippen LogP contribution in [-0.2, 0) is 13.0 Å². The van der Waals surface area contributed by atoms with E-state index < -0.39 is 0 Å². The van der Waals surface area contributed by atoms with Crippen molar-refractivity contribution in [1.82, 2.24) is 5.32 Å². The number of benzene rings is 3. The summed E-state index contributed by atoms with van der Waals surface area (Å²) in [7, 11) is 0. The molecule has 0 saturated heterocycles. The molecule has 0 aromatic heterocycles. The van der Waals surface area contributed by atoms with E-state index in [4.69, 9.17) is 0 Å². The molecule has 0 spiro atoms. The number of nitrogens with one attached hydrogen (secondary N) is 1. The van der Waals surface area contributed by atoms with Crippen molar-refractivity contribution in [3.05, 3.63) is 95.1 Å². The Labute approximate surface area is 184 Å². The standard InChI is InChI=1S/C27H29N3O/c1-3-29(4-2)21-15-13-19(14-16-21)17-24-22-10-6-5-9-20(22)18-30-25-12-8-7-11-23(25)27(31)28-26(24)30/h5-16,24,26H,3-4,17-18H2,1-2H3,(H,28,31). The summed E-state index contributed by atoms with van der Waals surface area (Å²) in [6.45, 7) is 7.21. The van der Waals surface area contributed by atoms with Crippen LogP contribution < -0.4 is 15.1 Å². The van der Waals surface area contributed by atoms with E-state index in [0.717, 1.165) is 37.3 Å². The van der Waals surface area contributed by atoms with Crippen LogP contribution in [0.5, 0.6) is 0 Å². The Kier molecular flexibility index (Phi) is 5.14. The molecule has 0 aliphatic carbocycles. The predicted octanol–water partition coefficient (Wildman–Crippen LogP) is 4.95. The number of hydrogen-bond acceptors (Lipinski definition) is 3. The van der Waals surface area contributed by atoms with Crippen LogP contribution >= 0.6 is 0 Å². The van der Waals surface area contributed by atoms with Crippen LogP contribution in [0.15, 0.2) is 72.8 Å². The lowest BCUT2D eigenvalue weighted by molar-refractivity contribution is 0.0916. The Morgan fingerprint density at radius 1 is 0.935 bits per heavy atom. The highest BCUT2D eigenvalue weighted by Gasteiger charge is 2.40. The molecule has 3 aromatic rings. The maximum absolute atomic E-state index is 12.9. The Bertz CT molecular complexity index is 1090. The molecule has 4 nitrogen and oxygen atoms in total. The summed E-state index contributed by atoms with van der Waals surface area (Å²) in [6, 6.07) is 25.6. The average molecular weight is 412 g/mol. The number of amides is 1. The van der Waals surface area contributed by atoms with E-state index in [-0.39, 0.29) is 18.0 Å². The molecule has 3 aromatic carbocycles. The van der Waals surface area contributed by atoms with Gasteiger partial charge in [0, 0.05) is 31.2 Å². The number of anilines is 2. The minimum atomic E-state index is -0.0419. The summed E-state index contributed by atoms with van der Waals surface area (Å²) in [5, 5.41) is 3.31. The van der Waals surface area contributed by atoms with E-state index in [2.05, 4.69) is 83.6 Å². The van der Waals surface area contributed by atoms with Crippen LogP contribution in [-0.4, -0.2) is 25.2 Å². The fourth-order valence-corrected chi connectivity index (χ4v) is 5.16. The Hall–Kier alpha value is -3.27. The SMILES string of the molecule is CCN(CC)c1ccc(CC2c3ccccc3CN3c4ccccc4C(=O)NC23)cc1. The highest BCUT2D eigenvalue weighted by atomic mass is 16.2. The van der Waals surface area contributed by atoms with Gasteiger partial charge in [0.1, 0.15) is 6.17 Å². The molecule has 158 valence electrons. The van der Waals surface area contributed by atoms with Crippen molar-refractivity contribution in [3.63, 3.8) is 0 Å². The maximum atomic E-state index is 12.9. The lowest BCUT2D eigenvalue weighted by Gasteiger charge is -2.47. The molecule has 0 saturated carbocycles. The van der Waals surface area contributed by atoms with Crippen molar-refractivity contribution in [2.24, 2.45) is 0 Å². The van der Waals surface area contributed by atoms with Gasteiger partial charge in [-0.15, -0.1) is 0 Å². The van der Waals surface area contributed by atoms with Crippen LogP contribution in [0.1, 0.15) is 46.8 Å². The van der Waals surface area contributed by atoms with Gasteiger partial charge in [-0.3, -0.25) is 4.79 Å². The van der Waals surface area contributed by atoms with E-state index in [9.17, 15) is 4.79 Å². The molecular weight excluding hydrogens is 382 g/mol. The van der Waals surface area contributed by atoms with Gasteiger partial charge in [0.15, 0.2) is 0 Å². The third-order valence-electron chi connectivity index (χ3n) is 6.77. The lowest BCUT2D eigenvalue weighted by Crippen LogP contribution is -2.57. The van der Waals surface area contributed by atoms with Crippen LogP contribution in [0, 0.1) is 0 Å².